The third-order valence-electron chi connectivity index (χ3n) is 5.01. The van der Waals surface area contributed by atoms with Crippen molar-refractivity contribution < 1.29 is 4.79 Å². The minimum Gasteiger partial charge on any atom is -0.300 e. The van der Waals surface area contributed by atoms with Crippen LogP contribution in [0.25, 0.3) is 0 Å². The molecule has 0 aromatic heterocycles. The highest BCUT2D eigenvalue weighted by Gasteiger charge is 2.40. The van der Waals surface area contributed by atoms with Crippen LogP contribution in [-0.2, 0) is 11.2 Å². The molecule has 0 radical (unpaired) electrons. The predicted molar refractivity (Wildman–Crippen MR) is 77.2 cm³/mol. The Kier molecular flexibility index (Phi) is 3.58. The average molecular weight is 268 g/mol. The Labute approximate surface area is 120 Å². The van der Waals surface area contributed by atoms with E-state index in [-0.39, 0.29) is 5.92 Å². The molecule has 2 atom stereocenters. The molecule has 1 aromatic carbocycles. The first-order valence-corrected chi connectivity index (χ1v) is 7.41. The number of benzene rings is 1. The number of nitrogens with zero attached hydrogens (tertiary/aromatic N) is 2. The zero-order valence-electron chi connectivity index (χ0n) is 11.9. The molecule has 1 aromatic rings. The summed E-state index contributed by atoms with van der Waals surface area (Å²) in [4.78, 5) is 14.9. The minimum atomic E-state index is 0.236. The van der Waals surface area contributed by atoms with Crippen LogP contribution in [0.3, 0.4) is 0 Å². The van der Waals surface area contributed by atoms with Gasteiger partial charge in [0.2, 0.25) is 0 Å². The smallest absolute Gasteiger partial charge is 0.140 e. The lowest BCUT2D eigenvalue weighted by Crippen LogP contribution is -2.42. The third kappa shape index (κ3) is 2.48. The molecule has 0 N–H and O–H groups in total. The number of carbonyl (C=O) groups excluding carboxylic acids is 1. The minimum absolute atomic E-state index is 0.236. The van der Waals surface area contributed by atoms with Crippen molar-refractivity contribution in [2.24, 2.45) is 5.92 Å². The van der Waals surface area contributed by atoms with Crippen molar-refractivity contribution in [1.29, 1.82) is 5.26 Å². The van der Waals surface area contributed by atoms with Gasteiger partial charge in [-0.3, -0.25) is 4.79 Å². The fourth-order valence-electron chi connectivity index (χ4n) is 3.72. The van der Waals surface area contributed by atoms with Gasteiger partial charge in [0.25, 0.3) is 0 Å². The molecule has 0 saturated carbocycles. The van der Waals surface area contributed by atoms with Gasteiger partial charge < -0.3 is 4.90 Å². The first kappa shape index (κ1) is 13.3. The number of rotatable bonds is 3. The van der Waals surface area contributed by atoms with Gasteiger partial charge in [-0.1, -0.05) is 12.1 Å². The van der Waals surface area contributed by atoms with E-state index < -0.39 is 0 Å². The highest BCUT2D eigenvalue weighted by molar-refractivity contribution is 5.83. The van der Waals surface area contributed by atoms with E-state index in [1.165, 1.54) is 12.8 Å². The Hall–Kier alpha value is -1.66. The van der Waals surface area contributed by atoms with Gasteiger partial charge in [0.1, 0.15) is 5.78 Å². The Morgan fingerprint density at radius 2 is 1.85 bits per heavy atom. The van der Waals surface area contributed by atoms with Crippen LogP contribution in [0.1, 0.15) is 36.8 Å². The van der Waals surface area contributed by atoms with E-state index in [1.54, 1.807) is 12.1 Å². The van der Waals surface area contributed by atoms with Gasteiger partial charge in [0.05, 0.1) is 11.6 Å². The summed E-state index contributed by atoms with van der Waals surface area (Å²) in [6.07, 6.45) is 5.08. The predicted octanol–water partition coefficient (Wildman–Crippen LogP) is 2.54. The van der Waals surface area contributed by atoms with Gasteiger partial charge in [0, 0.05) is 24.4 Å². The second kappa shape index (κ2) is 5.38. The summed E-state index contributed by atoms with van der Waals surface area (Å²) < 4.78 is 0. The van der Waals surface area contributed by atoms with E-state index in [1.807, 2.05) is 12.1 Å². The third-order valence-corrected chi connectivity index (χ3v) is 5.01. The number of carbonyl (C=O) groups is 1. The lowest BCUT2D eigenvalue weighted by molar-refractivity contribution is -0.124. The van der Waals surface area contributed by atoms with Gasteiger partial charge in [-0.25, -0.2) is 0 Å². The molecule has 2 fully saturated rings. The van der Waals surface area contributed by atoms with Crippen LogP contribution in [0.4, 0.5) is 0 Å². The molecule has 104 valence electrons. The number of Topliss-reactive ketones (excluding diaryl/α,β-unsaturated/α-hetero) is 1. The Morgan fingerprint density at radius 3 is 2.40 bits per heavy atom. The molecule has 2 heterocycles. The van der Waals surface area contributed by atoms with Crippen LogP contribution >= 0.6 is 0 Å². The fraction of sp³-hybridized carbons (Fsp3) is 0.529. The molecular formula is C17H20N2O. The lowest BCUT2D eigenvalue weighted by Gasteiger charge is -2.35. The van der Waals surface area contributed by atoms with E-state index in [9.17, 15) is 4.79 Å². The summed E-state index contributed by atoms with van der Waals surface area (Å²) in [6.45, 7) is 0. The lowest BCUT2D eigenvalue weighted by atomic mass is 9.85. The van der Waals surface area contributed by atoms with Crippen molar-refractivity contribution in [3.63, 3.8) is 0 Å². The Morgan fingerprint density at radius 1 is 1.25 bits per heavy atom. The Balaban J connectivity index is 1.63. The molecule has 0 aliphatic carbocycles. The molecule has 3 nitrogen and oxygen atoms in total. The maximum absolute atomic E-state index is 12.5. The van der Waals surface area contributed by atoms with E-state index in [0.717, 1.165) is 18.4 Å². The van der Waals surface area contributed by atoms with Gasteiger partial charge >= 0.3 is 0 Å². The van der Waals surface area contributed by atoms with Crippen LogP contribution in [0.2, 0.25) is 0 Å². The van der Waals surface area contributed by atoms with E-state index in [2.05, 4.69) is 18.0 Å². The van der Waals surface area contributed by atoms with Gasteiger partial charge in [-0.05, 0) is 50.4 Å². The summed E-state index contributed by atoms with van der Waals surface area (Å²) in [5, 5.41) is 8.78. The molecule has 2 aliphatic heterocycles. The van der Waals surface area contributed by atoms with Crippen LogP contribution in [-0.4, -0.2) is 29.8 Å². The number of piperidine rings is 1. The maximum Gasteiger partial charge on any atom is 0.140 e. The first-order chi connectivity index (χ1) is 9.67. The molecule has 3 heteroatoms. The van der Waals surface area contributed by atoms with Crippen LogP contribution in [0.15, 0.2) is 24.3 Å². The van der Waals surface area contributed by atoms with Crippen LogP contribution in [0, 0.1) is 17.2 Å². The topological polar surface area (TPSA) is 44.1 Å². The molecule has 3 rings (SSSR count). The van der Waals surface area contributed by atoms with Crippen LogP contribution in [0.5, 0.6) is 0 Å². The number of nitriles is 1. The van der Waals surface area contributed by atoms with Crippen molar-refractivity contribution >= 4 is 5.78 Å². The van der Waals surface area contributed by atoms with Crippen molar-refractivity contribution in [2.75, 3.05) is 7.05 Å². The van der Waals surface area contributed by atoms with Crippen molar-refractivity contribution in [2.45, 2.75) is 44.2 Å². The zero-order chi connectivity index (χ0) is 14.1. The molecule has 2 aliphatic rings. The first-order valence-electron chi connectivity index (χ1n) is 7.41. The molecule has 0 amide bonds. The van der Waals surface area contributed by atoms with Gasteiger partial charge in [-0.2, -0.15) is 5.26 Å². The largest absolute Gasteiger partial charge is 0.300 e. The summed E-state index contributed by atoms with van der Waals surface area (Å²) in [5.74, 6) is 0.610. The number of hydrogen-bond donors (Lipinski definition) is 0. The van der Waals surface area contributed by atoms with E-state index >= 15 is 0 Å². The molecule has 2 bridgehead atoms. The number of hydrogen-bond acceptors (Lipinski definition) is 3. The van der Waals surface area contributed by atoms with E-state index in [4.69, 9.17) is 5.26 Å². The SMILES string of the molecule is CN1C2CCC1CC(C(=O)Cc1ccc(C#N)cc1)C2. The average Bonchev–Trinajstić information content (AvgIpc) is 2.68. The van der Waals surface area contributed by atoms with Crippen molar-refractivity contribution in [3.8, 4) is 6.07 Å². The number of fused-ring (bicyclic) bond motifs is 2. The maximum atomic E-state index is 12.5. The summed E-state index contributed by atoms with van der Waals surface area (Å²) in [5.41, 5.74) is 1.68. The Bertz CT molecular complexity index is 529. The van der Waals surface area contributed by atoms with Crippen molar-refractivity contribution in [1.82, 2.24) is 4.90 Å². The number of ketones is 1. The second-order valence-corrected chi connectivity index (χ2v) is 6.17. The molecule has 2 unspecified atom stereocenters. The highest BCUT2D eigenvalue weighted by atomic mass is 16.1. The van der Waals surface area contributed by atoms with Crippen molar-refractivity contribution in [3.05, 3.63) is 35.4 Å². The van der Waals surface area contributed by atoms with Gasteiger partial charge in [0.15, 0.2) is 0 Å². The molecule has 20 heavy (non-hydrogen) atoms. The molecule has 2 saturated heterocycles. The summed E-state index contributed by atoms with van der Waals surface area (Å²) in [6, 6.07) is 10.7. The molecular weight excluding hydrogens is 248 g/mol. The van der Waals surface area contributed by atoms with Gasteiger partial charge in [-0.15, -0.1) is 0 Å². The zero-order valence-corrected chi connectivity index (χ0v) is 11.9. The standard InChI is InChI=1S/C17H20N2O/c1-19-15-6-7-16(19)10-14(9-15)17(20)8-12-2-4-13(11-18)5-3-12/h2-5,14-16H,6-10H2,1H3. The fourth-order valence-corrected chi connectivity index (χ4v) is 3.72. The van der Waals surface area contributed by atoms with E-state index in [0.29, 0.717) is 29.9 Å². The monoisotopic (exact) mass is 268 g/mol. The van der Waals surface area contributed by atoms with Crippen LogP contribution < -0.4 is 0 Å². The second-order valence-electron chi connectivity index (χ2n) is 6.17. The molecule has 0 spiro atoms. The summed E-state index contributed by atoms with van der Waals surface area (Å²) >= 11 is 0. The quantitative estimate of drug-likeness (QED) is 0.846. The normalized spacial score (nSPS) is 29.1. The summed E-state index contributed by atoms with van der Waals surface area (Å²) in [7, 11) is 2.20. The highest BCUT2D eigenvalue weighted by Crippen LogP contribution is 2.38.